The molecule has 5 nitrogen and oxygen atoms in total. The van der Waals surface area contributed by atoms with Gasteiger partial charge in [0.15, 0.2) is 5.16 Å². The minimum Gasteiger partial charge on any atom is -0.376 e. The molecule has 1 saturated heterocycles. The van der Waals surface area contributed by atoms with Crippen LogP contribution in [0.3, 0.4) is 0 Å². The van der Waals surface area contributed by atoms with Crippen LogP contribution in [0.5, 0.6) is 0 Å². The molecule has 2 aliphatic rings. The Morgan fingerprint density at radius 1 is 1.34 bits per heavy atom. The molecule has 2 unspecified atom stereocenters. The van der Waals surface area contributed by atoms with Crippen LogP contribution in [0.4, 0.5) is 0 Å². The number of Topliss-reactive ketones (excluding diaryl/α,β-unsaturated/α-hetero) is 1. The van der Waals surface area contributed by atoms with Crippen LogP contribution in [-0.2, 0) is 28.9 Å². The molecule has 2 aromatic heterocycles. The minimum absolute atomic E-state index is 0.0447. The Hall–Kier alpha value is -1.18. The van der Waals surface area contributed by atoms with Gasteiger partial charge in [-0.05, 0) is 43.6 Å². The Bertz CT molecular complexity index is 981. The number of ether oxygens (including phenoxy) is 1. The van der Waals surface area contributed by atoms with E-state index in [1.807, 2.05) is 20.8 Å². The molecule has 2 aromatic rings. The highest BCUT2D eigenvalue weighted by Crippen LogP contribution is 2.37. The number of thioether (sulfide) groups is 1. The number of hydrogen-bond acceptors (Lipinski definition) is 6. The lowest BCUT2D eigenvalue weighted by Gasteiger charge is -2.19. The summed E-state index contributed by atoms with van der Waals surface area (Å²) in [7, 11) is 0. The number of thiophene rings is 1. The summed E-state index contributed by atoms with van der Waals surface area (Å²) in [5.74, 6) is 1.15. The molecule has 1 aliphatic heterocycles. The number of aromatic nitrogens is 2. The fraction of sp³-hybridized carbons (Fsp3) is 0.682. The van der Waals surface area contributed by atoms with Crippen molar-refractivity contribution in [3.63, 3.8) is 0 Å². The van der Waals surface area contributed by atoms with E-state index in [0.717, 1.165) is 48.9 Å². The highest BCUT2D eigenvalue weighted by Gasteiger charge is 2.27. The smallest absolute Gasteiger partial charge is 0.263 e. The Kier molecular flexibility index (Phi) is 5.93. The molecule has 1 aliphatic carbocycles. The van der Waals surface area contributed by atoms with Crippen molar-refractivity contribution in [1.29, 1.82) is 0 Å². The van der Waals surface area contributed by atoms with E-state index in [9.17, 15) is 9.59 Å². The van der Waals surface area contributed by atoms with E-state index in [1.165, 1.54) is 22.2 Å². The number of hydrogen-bond donors (Lipinski definition) is 0. The molecular formula is C22H30N2O3S2. The van der Waals surface area contributed by atoms with Crippen LogP contribution < -0.4 is 5.56 Å². The molecule has 2 atom stereocenters. The highest BCUT2D eigenvalue weighted by molar-refractivity contribution is 7.99. The van der Waals surface area contributed by atoms with Crippen LogP contribution in [0.1, 0.15) is 57.4 Å². The molecular weight excluding hydrogens is 404 g/mol. The van der Waals surface area contributed by atoms with E-state index in [-0.39, 0.29) is 17.4 Å². The number of carbonyl (C=O) groups excluding carboxylic acids is 1. The zero-order valence-corrected chi connectivity index (χ0v) is 19.4. The van der Waals surface area contributed by atoms with Crippen molar-refractivity contribution in [3.05, 3.63) is 20.8 Å². The van der Waals surface area contributed by atoms with E-state index in [4.69, 9.17) is 9.72 Å². The maximum atomic E-state index is 13.6. The van der Waals surface area contributed by atoms with Gasteiger partial charge in [-0.25, -0.2) is 4.98 Å². The Morgan fingerprint density at radius 2 is 2.14 bits per heavy atom. The topological polar surface area (TPSA) is 61.2 Å². The van der Waals surface area contributed by atoms with Gasteiger partial charge in [0.1, 0.15) is 10.6 Å². The number of carbonyl (C=O) groups is 1. The van der Waals surface area contributed by atoms with Crippen molar-refractivity contribution >= 4 is 39.1 Å². The number of fused-ring (bicyclic) bond motifs is 3. The van der Waals surface area contributed by atoms with Gasteiger partial charge in [-0.1, -0.05) is 39.5 Å². The fourth-order valence-corrected chi connectivity index (χ4v) is 6.61. The Balaban J connectivity index is 1.75. The maximum absolute atomic E-state index is 13.6. The van der Waals surface area contributed by atoms with Crippen molar-refractivity contribution in [1.82, 2.24) is 9.55 Å². The summed E-state index contributed by atoms with van der Waals surface area (Å²) in [5, 5.41) is 1.46. The summed E-state index contributed by atoms with van der Waals surface area (Å²) in [6, 6.07) is 0. The third-order valence-corrected chi connectivity index (χ3v) is 8.08. The molecule has 7 heteroatoms. The molecule has 0 spiro atoms. The molecule has 1 fully saturated rings. The number of ketones is 1. The van der Waals surface area contributed by atoms with E-state index in [1.54, 1.807) is 15.9 Å². The summed E-state index contributed by atoms with van der Waals surface area (Å²) < 4.78 is 7.59. The summed E-state index contributed by atoms with van der Waals surface area (Å²) >= 11 is 3.06. The third kappa shape index (κ3) is 4.32. The Labute approximate surface area is 180 Å². The molecule has 0 radical (unpaired) electrons. The average molecular weight is 435 g/mol. The van der Waals surface area contributed by atoms with Gasteiger partial charge in [-0.15, -0.1) is 11.3 Å². The first-order chi connectivity index (χ1) is 13.7. The lowest BCUT2D eigenvalue weighted by atomic mass is 9.89. The summed E-state index contributed by atoms with van der Waals surface area (Å²) in [4.78, 5) is 33.1. The second-order valence-corrected chi connectivity index (χ2v) is 11.5. The zero-order chi connectivity index (χ0) is 20.8. The lowest BCUT2D eigenvalue weighted by Crippen LogP contribution is -2.30. The predicted molar refractivity (Wildman–Crippen MR) is 119 cm³/mol. The Morgan fingerprint density at radius 3 is 2.83 bits per heavy atom. The fourth-order valence-electron chi connectivity index (χ4n) is 4.01. The van der Waals surface area contributed by atoms with Gasteiger partial charge in [0, 0.05) is 16.9 Å². The quantitative estimate of drug-likeness (QED) is 0.513. The second-order valence-electron chi connectivity index (χ2n) is 9.44. The SMILES string of the molecule is CC1CCc2c(sc3nc(SCC(=O)C(C)(C)C)n(CC4CCCO4)c(=O)c23)C1. The van der Waals surface area contributed by atoms with Gasteiger partial charge in [0.05, 0.1) is 23.8 Å². The average Bonchev–Trinajstić information content (AvgIpc) is 3.28. The molecule has 0 N–H and O–H groups in total. The minimum atomic E-state index is -0.394. The second kappa shape index (κ2) is 8.16. The van der Waals surface area contributed by atoms with Crippen molar-refractivity contribution in [2.24, 2.45) is 11.3 Å². The van der Waals surface area contributed by atoms with Gasteiger partial charge in [-0.2, -0.15) is 0 Å². The first kappa shape index (κ1) is 21.1. The standard InChI is InChI=1S/C22H30N2O3S2/c1-13-7-8-15-16(10-13)29-19-18(15)20(26)24(11-14-6-5-9-27-14)21(23-19)28-12-17(25)22(2,3)4/h13-14H,5-12H2,1-4H3. The van der Waals surface area contributed by atoms with Gasteiger partial charge in [-0.3, -0.25) is 14.2 Å². The molecule has 3 heterocycles. The van der Waals surface area contributed by atoms with Gasteiger partial charge < -0.3 is 4.74 Å². The normalized spacial score (nSPS) is 22.2. The number of nitrogens with zero attached hydrogens (tertiary/aromatic N) is 2. The van der Waals surface area contributed by atoms with Crippen molar-refractivity contribution < 1.29 is 9.53 Å². The number of aryl methyl sites for hydroxylation is 1. The van der Waals surface area contributed by atoms with Crippen LogP contribution in [0.25, 0.3) is 10.2 Å². The molecule has 0 amide bonds. The highest BCUT2D eigenvalue weighted by atomic mass is 32.2. The van der Waals surface area contributed by atoms with Crippen LogP contribution in [-0.4, -0.2) is 33.8 Å². The summed E-state index contributed by atoms with van der Waals surface area (Å²) in [6.45, 7) is 9.35. The molecule has 0 bridgehead atoms. The first-order valence-corrected chi connectivity index (χ1v) is 12.4. The lowest BCUT2D eigenvalue weighted by molar-refractivity contribution is -0.123. The first-order valence-electron chi connectivity index (χ1n) is 10.6. The molecule has 4 rings (SSSR count). The van der Waals surface area contributed by atoms with Crippen LogP contribution >= 0.6 is 23.1 Å². The van der Waals surface area contributed by atoms with E-state index < -0.39 is 5.41 Å². The summed E-state index contributed by atoms with van der Waals surface area (Å²) in [6.07, 6.45) is 5.18. The monoisotopic (exact) mass is 434 g/mol. The van der Waals surface area contributed by atoms with Crippen LogP contribution in [0.15, 0.2) is 9.95 Å². The van der Waals surface area contributed by atoms with Gasteiger partial charge in [0.2, 0.25) is 0 Å². The molecule has 158 valence electrons. The van der Waals surface area contributed by atoms with Crippen molar-refractivity contribution in [2.45, 2.75) is 77.6 Å². The molecule has 0 aromatic carbocycles. The van der Waals surface area contributed by atoms with Crippen molar-refractivity contribution in [2.75, 3.05) is 12.4 Å². The molecule has 29 heavy (non-hydrogen) atoms. The summed E-state index contributed by atoms with van der Waals surface area (Å²) in [5.41, 5.74) is 0.863. The van der Waals surface area contributed by atoms with E-state index in [0.29, 0.717) is 23.4 Å². The van der Waals surface area contributed by atoms with Gasteiger partial charge in [0.25, 0.3) is 5.56 Å². The maximum Gasteiger partial charge on any atom is 0.263 e. The molecule has 0 saturated carbocycles. The predicted octanol–water partition coefficient (Wildman–Crippen LogP) is 4.47. The third-order valence-electron chi connectivity index (χ3n) is 5.96. The van der Waals surface area contributed by atoms with Gasteiger partial charge >= 0.3 is 0 Å². The van der Waals surface area contributed by atoms with Crippen LogP contribution in [0.2, 0.25) is 0 Å². The van der Waals surface area contributed by atoms with E-state index >= 15 is 0 Å². The van der Waals surface area contributed by atoms with Crippen molar-refractivity contribution in [3.8, 4) is 0 Å². The zero-order valence-electron chi connectivity index (χ0n) is 17.7. The number of rotatable bonds is 5. The van der Waals surface area contributed by atoms with Crippen LogP contribution in [0, 0.1) is 11.3 Å². The van der Waals surface area contributed by atoms with E-state index in [2.05, 4.69) is 6.92 Å². The largest absolute Gasteiger partial charge is 0.376 e.